The van der Waals surface area contributed by atoms with E-state index in [0.717, 1.165) is 210 Å². The van der Waals surface area contributed by atoms with E-state index in [1.807, 2.05) is 159 Å². The van der Waals surface area contributed by atoms with Gasteiger partial charge in [0, 0.05) is 224 Å². The molecule has 0 aliphatic carbocycles. The second-order valence-corrected chi connectivity index (χ2v) is 38.0. The molecule has 12 aromatic heterocycles. The molecule has 12 aromatic carbocycles. The van der Waals surface area contributed by atoms with Gasteiger partial charge in [0.05, 0.1) is 0 Å². The average Bonchev–Trinajstić information content (AvgIpc) is 1.71. The monoisotopic (exact) mass is 2050 g/mol. The molecule has 24 rings (SSSR count). The van der Waals surface area contributed by atoms with Crippen LogP contribution in [0.25, 0.3) is 65.4 Å². The molecule has 24 aromatic rings. The van der Waals surface area contributed by atoms with E-state index >= 15 is 0 Å². The van der Waals surface area contributed by atoms with Crippen molar-refractivity contribution in [3.8, 4) is 12.3 Å². The number of halogens is 3. The van der Waals surface area contributed by atoms with Crippen molar-refractivity contribution in [3.63, 3.8) is 0 Å². The van der Waals surface area contributed by atoms with E-state index in [1.54, 1.807) is 43.2 Å². The van der Waals surface area contributed by atoms with Crippen LogP contribution in [-0.2, 0) is 38.5 Å². The number of benzene rings is 12. The van der Waals surface area contributed by atoms with Crippen molar-refractivity contribution in [2.24, 2.45) is 0 Å². The van der Waals surface area contributed by atoms with Crippen LogP contribution in [0.3, 0.4) is 0 Å². The summed E-state index contributed by atoms with van der Waals surface area (Å²) < 4.78 is 14.4. The van der Waals surface area contributed by atoms with Crippen molar-refractivity contribution in [2.45, 2.75) is 87.0 Å². The van der Waals surface area contributed by atoms with Gasteiger partial charge in [0.15, 0.2) is 0 Å². The molecule has 150 heavy (non-hydrogen) atoms. The maximum Gasteiger partial charge on any atom is 0.135 e. The highest BCUT2D eigenvalue weighted by molar-refractivity contribution is 9.10. The average molecular weight is 2060 g/mol. The predicted octanol–water partition coefficient (Wildman–Crippen LogP) is 29.4. The van der Waals surface area contributed by atoms with Crippen molar-refractivity contribution in [2.75, 3.05) is 31.9 Å². The molecular weight excluding hydrogens is 1950 g/mol. The summed E-state index contributed by atoms with van der Waals surface area (Å²) in [5.41, 5.74) is 28.5. The Bertz CT molecular complexity index is 8210. The van der Waals surface area contributed by atoms with Gasteiger partial charge >= 0.3 is 0 Å². The smallest absolute Gasteiger partial charge is 0.135 e. The Balaban J connectivity index is 0.000000113. The molecule has 0 fully saturated rings. The van der Waals surface area contributed by atoms with Gasteiger partial charge in [-0.2, -0.15) is 0 Å². The molecule has 24 nitrogen and oxygen atoms in total. The summed E-state index contributed by atoms with van der Waals surface area (Å²) in [4.78, 5) is 73.8. The van der Waals surface area contributed by atoms with Crippen LogP contribution in [-0.4, -0.2) is 89.7 Å². The Morgan fingerprint density at radius 3 is 0.813 bits per heavy atom. The lowest BCUT2D eigenvalue weighted by molar-refractivity contribution is 0.625. The summed E-state index contributed by atoms with van der Waals surface area (Å²) in [5.74, 6) is 11.7. The number of hydrogen-bond acceptors (Lipinski definition) is 18. The number of nitrogens with one attached hydrogen (secondary N) is 12. The molecule has 12 N–H and O–H groups in total. The standard InChI is InChI=1S/C22H18N4.C21H20N4.C20H17BrN4.C20H17ClN4.C20H17FN4.C20H18N4/c1-3-16-5-4-6-17(12-16)13-22-23-10-9-21(26-22)25-19-7-8-20-18(14-19)11-15(2)24-20;1-14-4-3-5-16(10-14)12-21-22-9-8-20(25-21)24-18-6-7-19-17(13-18)11-15(2)23-19;3*1-13-9-15-12-17(5-6-18(15)23-13)24-19-7-8-22-20(25-19)11-14-3-2-4-16(21)10-14;1-14-11-16-13-17(7-8-18(16)22-14)23-19-9-10-21-20(24-19)12-15-5-3-2-4-6-15/h1,4-12,14,24H,13H2,2H3,(H,23,25,26);3-11,13,23H,12H2,1-2H3,(H,22,24,25);3*2-10,12,23H,11H2,1H3,(H,22,24,25);2-11,13,22H,12H2,1H3,(H,21,23,24). The topological polar surface area (TPSA) is 322 Å². The highest BCUT2D eigenvalue weighted by Crippen LogP contribution is 2.32. The van der Waals surface area contributed by atoms with Crippen molar-refractivity contribution < 1.29 is 4.39 Å². The number of aryl methyl sites for hydroxylation is 7. The number of aromatic nitrogens is 18. The Morgan fingerprint density at radius 2 is 0.520 bits per heavy atom. The number of H-pyrrole nitrogens is 6. The van der Waals surface area contributed by atoms with Gasteiger partial charge in [-0.3, -0.25) is 0 Å². The Labute approximate surface area is 881 Å². The number of terminal acetylenes is 1. The number of fused-ring (bicyclic) bond motifs is 6. The quantitative estimate of drug-likeness (QED) is 0.0250. The van der Waals surface area contributed by atoms with Gasteiger partial charge in [-0.1, -0.05) is 142 Å². The summed E-state index contributed by atoms with van der Waals surface area (Å²) in [7, 11) is 0. The molecule has 0 aliphatic rings. The minimum Gasteiger partial charge on any atom is -0.359 e. The molecule has 0 amide bonds. The second kappa shape index (κ2) is 47.5. The van der Waals surface area contributed by atoms with E-state index in [4.69, 9.17) is 18.0 Å². The molecule has 0 bridgehead atoms. The molecule has 0 saturated carbocycles. The van der Waals surface area contributed by atoms with Crippen LogP contribution in [0.1, 0.15) is 114 Å². The first kappa shape index (κ1) is 100. The fraction of sp³-hybridized carbons (Fsp3) is 0.106. The lowest BCUT2D eigenvalue weighted by Gasteiger charge is -2.08. The van der Waals surface area contributed by atoms with Crippen LogP contribution in [0.2, 0.25) is 5.02 Å². The highest BCUT2D eigenvalue weighted by Gasteiger charge is 2.15. The second-order valence-electron chi connectivity index (χ2n) is 36.7. The summed E-state index contributed by atoms with van der Waals surface area (Å²) in [6.45, 7) is 14.4. The van der Waals surface area contributed by atoms with Gasteiger partial charge in [0.1, 0.15) is 75.7 Å². The number of hydrogen-bond donors (Lipinski definition) is 12. The molecule has 0 radical (unpaired) electrons. The van der Waals surface area contributed by atoms with E-state index in [9.17, 15) is 4.39 Å². The third-order valence-corrected chi connectivity index (χ3v) is 25.0. The first-order chi connectivity index (χ1) is 73.1. The minimum atomic E-state index is -0.248. The number of rotatable bonds is 24. The molecule has 0 saturated heterocycles. The molecule has 0 atom stereocenters. The Kier molecular flexibility index (Phi) is 31.7. The van der Waals surface area contributed by atoms with Crippen molar-refractivity contribution in [1.29, 1.82) is 0 Å². The zero-order chi connectivity index (χ0) is 103. The van der Waals surface area contributed by atoms with Crippen LogP contribution in [0.4, 0.5) is 73.4 Å². The zero-order valence-corrected chi connectivity index (χ0v) is 85.9. The van der Waals surface area contributed by atoms with Crippen LogP contribution in [0, 0.1) is 66.6 Å². The molecule has 740 valence electrons. The first-order valence-electron chi connectivity index (χ1n) is 49.1. The van der Waals surface area contributed by atoms with E-state index in [1.165, 1.54) is 61.3 Å². The number of aromatic amines is 6. The summed E-state index contributed by atoms with van der Waals surface area (Å²) >= 11 is 9.54. The largest absolute Gasteiger partial charge is 0.359 e. The maximum absolute atomic E-state index is 13.3. The van der Waals surface area contributed by atoms with E-state index in [0.29, 0.717) is 37.3 Å². The lowest BCUT2D eigenvalue weighted by Crippen LogP contribution is -2.00. The van der Waals surface area contributed by atoms with Gasteiger partial charge in [-0.05, 0) is 312 Å². The predicted molar refractivity (Wildman–Crippen MR) is 611 cm³/mol. The van der Waals surface area contributed by atoms with Crippen molar-refractivity contribution >= 4 is 162 Å². The number of nitrogens with zero attached hydrogens (tertiary/aromatic N) is 12. The molecule has 12 heterocycles. The van der Waals surface area contributed by atoms with E-state index < -0.39 is 0 Å². The van der Waals surface area contributed by atoms with Gasteiger partial charge in [0.25, 0.3) is 0 Å². The van der Waals surface area contributed by atoms with Crippen LogP contribution < -0.4 is 31.9 Å². The Morgan fingerprint density at radius 1 is 0.260 bits per heavy atom. The van der Waals surface area contributed by atoms with E-state index in [2.05, 4.69) is 349 Å². The fourth-order valence-corrected chi connectivity index (χ4v) is 18.2. The fourth-order valence-electron chi connectivity index (χ4n) is 17.6. The van der Waals surface area contributed by atoms with Crippen LogP contribution in [0.15, 0.2) is 375 Å². The lowest BCUT2D eigenvalue weighted by atomic mass is 10.1. The molecule has 0 spiro atoms. The van der Waals surface area contributed by atoms with Gasteiger partial charge in [-0.25, -0.2) is 64.2 Å². The first-order valence-corrected chi connectivity index (χ1v) is 50.2. The maximum atomic E-state index is 13.3. The third-order valence-electron chi connectivity index (χ3n) is 24.3. The minimum absolute atomic E-state index is 0.248. The SMILES string of the molecule is C#Cc1cccc(Cc2nccc(Nc3ccc4[nH]c(C)cc4c3)n2)c1.Cc1cc2cc(Nc3ccnc(Cc4cccc(Br)c4)n3)ccc2[nH]1.Cc1cc2cc(Nc3ccnc(Cc4cccc(Cl)c4)n3)ccc2[nH]1.Cc1cc2cc(Nc3ccnc(Cc4cccc(F)c4)n3)ccc2[nH]1.Cc1cc2cc(Nc3ccnc(Cc4ccccc4)n3)ccc2[nH]1.Cc1cccc(Cc2nccc(Nc3ccc4[nH]c(C)cc4c3)n2)c1. The molecule has 27 heteroatoms. The van der Waals surface area contributed by atoms with E-state index in [-0.39, 0.29) is 5.82 Å². The normalized spacial score (nSPS) is 10.9. The number of anilines is 12. The summed E-state index contributed by atoms with van der Waals surface area (Å²) in [6.07, 6.45) is 20.1. The van der Waals surface area contributed by atoms with Crippen LogP contribution >= 0.6 is 27.5 Å². The van der Waals surface area contributed by atoms with Crippen molar-refractivity contribution in [1.82, 2.24) is 89.7 Å². The van der Waals surface area contributed by atoms with Gasteiger partial charge < -0.3 is 61.8 Å². The summed E-state index contributed by atoms with van der Waals surface area (Å²) in [5, 5.41) is 27.9. The van der Waals surface area contributed by atoms with Crippen molar-refractivity contribution in [3.05, 3.63) is 500 Å². The Hall–Kier alpha value is -18.6. The highest BCUT2D eigenvalue weighted by atomic mass is 79.9. The molecular formula is C123H107BrClFN24. The van der Waals surface area contributed by atoms with Gasteiger partial charge in [0.2, 0.25) is 0 Å². The molecule has 0 unspecified atom stereocenters. The van der Waals surface area contributed by atoms with Crippen LogP contribution in [0.5, 0.6) is 0 Å². The summed E-state index contributed by atoms with van der Waals surface area (Å²) in [6, 6.07) is 110. The molecule has 0 aliphatic heterocycles. The van der Waals surface area contributed by atoms with Gasteiger partial charge in [-0.15, -0.1) is 6.42 Å². The zero-order valence-electron chi connectivity index (χ0n) is 83.5. The third kappa shape index (κ3) is 28.1.